The van der Waals surface area contributed by atoms with Gasteiger partial charge in [-0.25, -0.2) is 15.0 Å². The maximum Gasteiger partial charge on any atom is 0.141 e. The van der Waals surface area contributed by atoms with Crippen LogP contribution in [0.4, 0.5) is 0 Å². The van der Waals surface area contributed by atoms with E-state index in [2.05, 4.69) is 19.9 Å². The van der Waals surface area contributed by atoms with Gasteiger partial charge in [0.15, 0.2) is 0 Å². The summed E-state index contributed by atoms with van der Waals surface area (Å²) in [4.78, 5) is 16.0. The fourth-order valence-electron chi connectivity index (χ4n) is 1.94. The number of halogens is 2. The van der Waals surface area contributed by atoms with Gasteiger partial charge in [-0.05, 0) is 25.1 Å². The van der Waals surface area contributed by atoms with Crippen LogP contribution in [0.25, 0.3) is 22.6 Å². The Morgan fingerprint density at radius 1 is 1.10 bits per heavy atom. The fraction of sp³-hybridized carbons (Fsp3) is 0.0714. The van der Waals surface area contributed by atoms with Crippen LogP contribution in [0.2, 0.25) is 10.0 Å². The highest BCUT2D eigenvalue weighted by molar-refractivity contribution is 6.36. The highest BCUT2D eigenvalue weighted by atomic mass is 35.5. The van der Waals surface area contributed by atoms with Crippen molar-refractivity contribution in [2.45, 2.75) is 6.92 Å². The molecule has 0 spiro atoms. The zero-order valence-corrected chi connectivity index (χ0v) is 12.1. The number of benzene rings is 1. The molecule has 3 aromatic rings. The first-order chi connectivity index (χ1) is 9.65. The summed E-state index contributed by atoms with van der Waals surface area (Å²) in [6.45, 7) is 1.83. The van der Waals surface area contributed by atoms with E-state index in [1.54, 1.807) is 30.7 Å². The van der Waals surface area contributed by atoms with Crippen molar-refractivity contribution in [3.05, 3.63) is 52.7 Å². The number of aryl methyl sites for hydroxylation is 1. The zero-order valence-electron chi connectivity index (χ0n) is 10.6. The van der Waals surface area contributed by atoms with Gasteiger partial charge in [0.2, 0.25) is 0 Å². The fourth-order valence-corrected chi connectivity index (χ4v) is 2.44. The maximum absolute atomic E-state index is 6.27. The maximum atomic E-state index is 6.27. The summed E-state index contributed by atoms with van der Waals surface area (Å²) in [6, 6.07) is 5.33. The molecule has 2 aromatic heterocycles. The Hall–Kier alpha value is -1.91. The Balaban J connectivity index is 2.24. The lowest BCUT2D eigenvalue weighted by molar-refractivity contribution is 1.05. The second-order valence-electron chi connectivity index (χ2n) is 4.24. The number of hydrogen-bond donors (Lipinski definition) is 1. The smallest absolute Gasteiger partial charge is 0.141 e. The number of nitrogens with zero attached hydrogens (tertiary/aromatic N) is 3. The monoisotopic (exact) mass is 304 g/mol. The first-order valence-electron chi connectivity index (χ1n) is 5.94. The molecular weight excluding hydrogens is 295 g/mol. The molecule has 0 unspecified atom stereocenters. The molecule has 100 valence electrons. The van der Waals surface area contributed by atoms with E-state index in [1.807, 2.05) is 13.0 Å². The van der Waals surface area contributed by atoms with Crippen LogP contribution in [-0.4, -0.2) is 19.9 Å². The highest BCUT2D eigenvalue weighted by Gasteiger charge is 2.15. The van der Waals surface area contributed by atoms with Crippen LogP contribution in [0.15, 0.2) is 36.8 Å². The van der Waals surface area contributed by atoms with E-state index in [9.17, 15) is 0 Å². The van der Waals surface area contributed by atoms with E-state index >= 15 is 0 Å². The van der Waals surface area contributed by atoms with Crippen molar-refractivity contribution in [1.82, 2.24) is 19.9 Å². The van der Waals surface area contributed by atoms with Crippen molar-refractivity contribution in [3.8, 4) is 22.6 Å². The molecule has 20 heavy (non-hydrogen) atoms. The third-order valence-electron chi connectivity index (χ3n) is 2.85. The summed E-state index contributed by atoms with van der Waals surface area (Å²) in [5, 5.41) is 1.13. The van der Waals surface area contributed by atoms with Crippen LogP contribution in [0.1, 0.15) is 5.82 Å². The van der Waals surface area contributed by atoms with Gasteiger partial charge in [-0.15, -0.1) is 0 Å². The largest absolute Gasteiger partial charge is 0.345 e. The molecule has 0 saturated carbocycles. The first kappa shape index (κ1) is 13.1. The van der Waals surface area contributed by atoms with E-state index in [0.29, 0.717) is 21.7 Å². The molecule has 0 aliphatic heterocycles. The number of H-pyrrole nitrogens is 1. The van der Waals surface area contributed by atoms with Gasteiger partial charge in [-0.2, -0.15) is 0 Å². The number of aromatic amines is 1. The molecule has 0 aliphatic rings. The molecule has 6 heteroatoms. The van der Waals surface area contributed by atoms with E-state index in [0.717, 1.165) is 16.8 Å². The molecule has 0 radical (unpaired) electrons. The first-order valence-corrected chi connectivity index (χ1v) is 6.69. The second-order valence-corrected chi connectivity index (χ2v) is 5.09. The number of nitrogens with one attached hydrogen (secondary N) is 1. The SMILES string of the molecule is Cc1ncc(-c2ncc[nH]2)c(-c2ccc(Cl)cc2Cl)n1. The minimum atomic E-state index is 0.545. The van der Waals surface area contributed by atoms with E-state index in [1.165, 1.54) is 0 Å². The lowest BCUT2D eigenvalue weighted by Crippen LogP contribution is -1.96. The van der Waals surface area contributed by atoms with E-state index < -0.39 is 0 Å². The van der Waals surface area contributed by atoms with E-state index in [4.69, 9.17) is 23.2 Å². The normalized spacial score (nSPS) is 10.8. The molecule has 0 amide bonds. The molecule has 3 rings (SSSR count). The minimum Gasteiger partial charge on any atom is -0.345 e. The lowest BCUT2D eigenvalue weighted by Gasteiger charge is -2.09. The van der Waals surface area contributed by atoms with Crippen LogP contribution < -0.4 is 0 Å². The van der Waals surface area contributed by atoms with Gasteiger partial charge in [-0.1, -0.05) is 23.2 Å². The number of aromatic nitrogens is 4. The molecule has 2 heterocycles. The third-order valence-corrected chi connectivity index (χ3v) is 3.40. The summed E-state index contributed by atoms with van der Waals surface area (Å²) >= 11 is 12.2. The Labute approximate surface area is 125 Å². The van der Waals surface area contributed by atoms with Gasteiger partial charge in [0.1, 0.15) is 11.6 Å². The van der Waals surface area contributed by atoms with Crippen LogP contribution >= 0.6 is 23.2 Å². The lowest BCUT2D eigenvalue weighted by atomic mass is 10.1. The molecule has 0 aliphatic carbocycles. The molecule has 1 N–H and O–H groups in total. The van der Waals surface area contributed by atoms with Gasteiger partial charge in [0.25, 0.3) is 0 Å². The van der Waals surface area contributed by atoms with Crippen LogP contribution in [0.5, 0.6) is 0 Å². The van der Waals surface area contributed by atoms with Crippen LogP contribution in [-0.2, 0) is 0 Å². The van der Waals surface area contributed by atoms with Crippen molar-refractivity contribution < 1.29 is 0 Å². The number of hydrogen-bond acceptors (Lipinski definition) is 3. The van der Waals surface area contributed by atoms with Crippen molar-refractivity contribution in [2.75, 3.05) is 0 Å². The van der Waals surface area contributed by atoms with Gasteiger partial charge >= 0.3 is 0 Å². The van der Waals surface area contributed by atoms with Gasteiger partial charge in [0, 0.05) is 29.2 Å². The molecule has 0 atom stereocenters. The Kier molecular flexibility index (Phi) is 3.42. The molecule has 0 fully saturated rings. The topological polar surface area (TPSA) is 54.5 Å². The quantitative estimate of drug-likeness (QED) is 0.774. The van der Waals surface area contributed by atoms with Crippen molar-refractivity contribution in [2.24, 2.45) is 0 Å². The predicted molar refractivity (Wildman–Crippen MR) is 79.8 cm³/mol. The summed E-state index contributed by atoms with van der Waals surface area (Å²) in [7, 11) is 0. The standard InChI is InChI=1S/C14H10Cl2N4/c1-8-19-7-11(14-17-4-5-18-14)13(20-8)10-3-2-9(15)6-12(10)16/h2-7H,1H3,(H,17,18). The average Bonchev–Trinajstić information content (AvgIpc) is 2.92. The van der Waals surface area contributed by atoms with Crippen molar-refractivity contribution >= 4 is 23.2 Å². The minimum absolute atomic E-state index is 0.545. The summed E-state index contributed by atoms with van der Waals surface area (Å²) < 4.78 is 0. The average molecular weight is 305 g/mol. The predicted octanol–water partition coefficient (Wildman–Crippen LogP) is 4.15. The Bertz CT molecular complexity index is 754. The van der Waals surface area contributed by atoms with Crippen LogP contribution in [0, 0.1) is 6.92 Å². The van der Waals surface area contributed by atoms with Crippen LogP contribution in [0.3, 0.4) is 0 Å². The number of rotatable bonds is 2. The molecule has 0 saturated heterocycles. The van der Waals surface area contributed by atoms with E-state index in [-0.39, 0.29) is 0 Å². The van der Waals surface area contributed by atoms with Gasteiger partial charge in [0.05, 0.1) is 16.3 Å². The number of imidazole rings is 1. The summed E-state index contributed by atoms with van der Waals surface area (Å²) in [5.41, 5.74) is 2.33. The van der Waals surface area contributed by atoms with Crippen molar-refractivity contribution in [3.63, 3.8) is 0 Å². The Morgan fingerprint density at radius 3 is 2.65 bits per heavy atom. The molecule has 0 bridgehead atoms. The van der Waals surface area contributed by atoms with Gasteiger partial charge < -0.3 is 4.98 Å². The van der Waals surface area contributed by atoms with Crippen molar-refractivity contribution in [1.29, 1.82) is 0 Å². The summed E-state index contributed by atoms with van der Waals surface area (Å²) in [5.74, 6) is 1.37. The molecule has 1 aromatic carbocycles. The third kappa shape index (κ3) is 2.40. The Morgan fingerprint density at radius 2 is 1.95 bits per heavy atom. The highest BCUT2D eigenvalue weighted by Crippen LogP contribution is 2.34. The molecular formula is C14H10Cl2N4. The van der Waals surface area contributed by atoms with Gasteiger partial charge in [-0.3, -0.25) is 0 Å². The molecule has 4 nitrogen and oxygen atoms in total. The second kappa shape index (κ2) is 5.23. The summed E-state index contributed by atoms with van der Waals surface area (Å²) in [6.07, 6.45) is 5.17. The zero-order chi connectivity index (χ0) is 14.1.